The Kier molecular flexibility index (Phi) is 5.26. The van der Waals surface area contributed by atoms with E-state index in [-0.39, 0.29) is 5.91 Å². The summed E-state index contributed by atoms with van der Waals surface area (Å²) in [6.07, 6.45) is 2.08. The standard InChI is InChI=1S/C18H14BrN3OS3/c1-24-9-8-22-13-7-6-11(19)10-15(13)26-18(22)21-16(23)17-20-12-4-2-3-5-14(12)25-17/h2-7,10H,8-9H2,1H3. The minimum absolute atomic E-state index is 0.283. The minimum atomic E-state index is -0.283. The van der Waals surface area contributed by atoms with E-state index in [0.717, 1.165) is 42.0 Å². The van der Waals surface area contributed by atoms with Gasteiger partial charge < -0.3 is 4.57 Å². The van der Waals surface area contributed by atoms with Crippen LogP contribution in [0.5, 0.6) is 0 Å². The van der Waals surface area contributed by atoms with Gasteiger partial charge >= 0.3 is 5.91 Å². The van der Waals surface area contributed by atoms with Crippen molar-refractivity contribution >= 4 is 76.7 Å². The molecule has 0 N–H and O–H groups in total. The third-order valence-corrected chi connectivity index (χ3v) is 6.99. The molecule has 0 aliphatic heterocycles. The third-order valence-electron chi connectivity index (χ3n) is 3.84. The Labute approximate surface area is 170 Å². The van der Waals surface area contributed by atoms with Crippen molar-refractivity contribution in [1.82, 2.24) is 9.55 Å². The summed E-state index contributed by atoms with van der Waals surface area (Å²) >= 11 is 8.21. The molecule has 2 aromatic carbocycles. The molecule has 0 saturated heterocycles. The Hall–Kier alpha value is -1.48. The van der Waals surface area contributed by atoms with Crippen LogP contribution in [0.4, 0.5) is 0 Å². The van der Waals surface area contributed by atoms with Crippen molar-refractivity contribution in [1.29, 1.82) is 0 Å². The molecule has 4 nitrogen and oxygen atoms in total. The van der Waals surface area contributed by atoms with Gasteiger partial charge in [0, 0.05) is 16.8 Å². The topological polar surface area (TPSA) is 47.2 Å². The monoisotopic (exact) mass is 463 g/mol. The number of hydrogen-bond donors (Lipinski definition) is 0. The van der Waals surface area contributed by atoms with Gasteiger partial charge in [0.25, 0.3) is 0 Å². The molecular weight excluding hydrogens is 450 g/mol. The van der Waals surface area contributed by atoms with Crippen molar-refractivity contribution < 1.29 is 4.79 Å². The summed E-state index contributed by atoms with van der Waals surface area (Å²) in [6.45, 7) is 0.814. The molecule has 0 saturated carbocycles. The van der Waals surface area contributed by atoms with Crippen LogP contribution in [0.1, 0.15) is 9.80 Å². The zero-order valence-corrected chi connectivity index (χ0v) is 17.8. The van der Waals surface area contributed by atoms with Gasteiger partial charge in [-0.05, 0) is 36.6 Å². The predicted octanol–water partition coefficient (Wildman–Crippen LogP) is 5.18. The van der Waals surface area contributed by atoms with E-state index in [4.69, 9.17) is 0 Å². The number of thioether (sulfide) groups is 1. The molecule has 0 aliphatic rings. The van der Waals surface area contributed by atoms with Gasteiger partial charge in [-0.2, -0.15) is 16.8 Å². The van der Waals surface area contributed by atoms with Crippen LogP contribution in [0.25, 0.3) is 20.4 Å². The second kappa shape index (κ2) is 7.64. The first kappa shape index (κ1) is 17.9. The molecule has 4 rings (SSSR count). The van der Waals surface area contributed by atoms with E-state index in [1.807, 2.05) is 30.3 Å². The lowest BCUT2D eigenvalue weighted by molar-refractivity contribution is 0.0997. The lowest BCUT2D eigenvalue weighted by Crippen LogP contribution is -2.18. The fourth-order valence-electron chi connectivity index (χ4n) is 2.63. The molecule has 0 unspecified atom stereocenters. The van der Waals surface area contributed by atoms with Crippen LogP contribution < -0.4 is 4.80 Å². The van der Waals surface area contributed by atoms with Crippen LogP contribution in [0.15, 0.2) is 51.9 Å². The van der Waals surface area contributed by atoms with E-state index < -0.39 is 0 Å². The van der Waals surface area contributed by atoms with E-state index >= 15 is 0 Å². The van der Waals surface area contributed by atoms with Crippen LogP contribution in [-0.2, 0) is 6.54 Å². The van der Waals surface area contributed by atoms with Crippen LogP contribution in [0.3, 0.4) is 0 Å². The number of thiazole rings is 2. The van der Waals surface area contributed by atoms with Crippen LogP contribution in [0.2, 0.25) is 0 Å². The molecular formula is C18H14BrN3OS3. The fourth-order valence-corrected chi connectivity index (χ4v) is 5.45. The largest absolute Gasteiger partial charge is 0.316 e. The lowest BCUT2D eigenvalue weighted by Gasteiger charge is -2.03. The molecule has 2 heterocycles. The van der Waals surface area contributed by atoms with Gasteiger partial charge in [0.05, 0.1) is 20.4 Å². The van der Waals surface area contributed by atoms with Gasteiger partial charge in [-0.15, -0.1) is 11.3 Å². The van der Waals surface area contributed by atoms with Crippen molar-refractivity contribution in [2.45, 2.75) is 6.54 Å². The summed E-state index contributed by atoms with van der Waals surface area (Å²) in [5.41, 5.74) is 1.94. The first-order valence-corrected chi connectivity index (χ1v) is 11.7. The van der Waals surface area contributed by atoms with Gasteiger partial charge in [-0.1, -0.05) is 39.4 Å². The summed E-state index contributed by atoms with van der Waals surface area (Å²) < 4.78 is 5.25. The zero-order chi connectivity index (χ0) is 18.1. The van der Waals surface area contributed by atoms with Crippen LogP contribution in [-0.4, -0.2) is 27.5 Å². The summed E-state index contributed by atoms with van der Waals surface area (Å²) in [5.74, 6) is 0.680. The molecule has 0 aliphatic carbocycles. The van der Waals surface area contributed by atoms with Gasteiger partial charge in [-0.25, -0.2) is 4.98 Å². The highest BCUT2D eigenvalue weighted by Gasteiger charge is 2.13. The number of fused-ring (bicyclic) bond motifs is 2. The average Bonchev–Trinajstić information content (AvgIpc) is 3.20. The molecule has 0 bridgehead atoms. The SMILES string of the molecule is CSCCn1c(=NC(=O)c2nc3ccccc3s2)sc2cc(Br)ccc21. The van der Waals surface area contributed by atoms with E-state index in [1.54, 1.807) is 11.8 Å². The number of carbonyl (C=O) groups excluding carboxylic acids is 1. The fraction of sp³-hybridized carbons (Fsp3) is 0.167. The molecule has 1 amide bonds. The maximum atomic E-state index is 12.7. The number of nitrogens with zero attached hydrogens (tertiary/aromatic N) is 3. The Balaban J connectivity index is 1.81. The number of aromatic nitrogens is 2. The Bertz CT molecular complexity index is 1140. The summed E-state index contributed by atoms with van der Waals surface area (Å²) in [7, 11) is 0. The van der Waals surface area contributed by atoms with Crippen molar-refractivity contribution in [3.8, 4) is 0 Å². The molecule has 0 radical (unpaired) electrons. The average molecular weight is 464 g/mol. The molecule has 26 heavy (non-hydrogen) atoms. The van der Waals surface area contributed by atoms with E-state index in [2.05, 4.69) is 48.9 Å². The Morgan fingerprint density at radius 3 is 2.88 bits per heavy atom. The Morgan fingerprint density at radius 2 is 2.08 bits per heavy atom. The van der Waals surface area contributed by atoms with Crippen LogP contribution >= 0.6 is 50.4 Å². The Morgan fingerprint density at radius 1 is 1.23 bits per heavy atom. The number of rotatable bonds is 4. The molecule has 4 aromatic rings. The highest BCUT2D eigenvalue weighted by Crippen LogP contribution is 2.24. The quantitative estimate of drug-likeness (QED) is 0.418. The number of hydrogen-bond acceptors (Lipinski definition) is 5. The third kappa shape index (κ3) is 3.51. The van der Waals surface area contributed by atoms with Crippen molar-refractivity contribution in [2.24, 2.45) is 4.99 Å². The highest BCUT2D eigenvalue weighted by molar-refractivity contribution is 9.10. The summed E-state index contributed by atoms with van der Waals surface area (Å²) in [4.78, 5) is 22.3. The van der Waals surface area contributed by atoms with Crippen molar-refractivity contribution in [3.05, 3.63) is 56.7 Å². The lowest BCUT2D eigenvalue weighted by atomic mass is 10.3. The maximum Gasteiger partial charge on any atom is 0.308 e. The van der Waals surface area contributed by atoms with Gasteiger partial charge in [0.1, 0.15) is 0 Å². The number of aryl methyl sites for hydroxylation is 1. The van der Waals surface area contributed by atoms with Gasteiger partial charge in [-0.3, -0.25) is 4.79 Å². The number of benzene rings is 2. The van der Waals surface area contributed by atoms with Crippen molar-refractivity contribution in [3.63, 3.8) is 0 Å². The van der Waals surface area contributed by atoms with Crippen LogP contribution in [0, 0.1) is 0 Å². The first-order chi connectivity index (χ1) is 12.7. The van der Waals surface area contributed by atoms with E-state index in [9.17, 15) is 4.79 Å². The molecule has 0 atom stereocenters. The smallest absolute Gasteiger partial charge is 0.308 e. The maximum absolute atomic E-state index is 12.7. The van der Waals surface area contributed by atoms with E-state index in [1.165, 1.54) is 22.7 Å². The number of halogens is 1. The number of para-hydroxylation sites is 1. The molecule has 2 aromatic heterocycles. The van der Waals surface area contributed by atoms with Gasteiger partial charge in [0.15, 0.2) is 9.81 Å². The molecule has 0 fully saturated rings. The molecule has 132 valence electrons. The zero-order valence-electron chi connectivity index (χ0n) is 13.8. The molecule has 0 spiro atoms. The van der Waals surface area contributed by atoms with Gasteiger partial charge in [0.2, 0.25) is 0 Å². The van der Waals surface area contributed by atoms with Crippen molar-refractivity contribution in [2.75, 3.05) is 12.0 Å². The second-order valence-electron chi connectivity index (χ2n) is 5.54. The first-order valence-electron chi connectivity index (χ1n) is 7.88. The predicted molar refractivity (Wildman–Crippen MR) is 115 cm³/mol. The summed E-state index contributed by atoms with van der Waals surface area (Å²) in [6, 6.07) is 13.9. The minimum Gasteiger partial charge on any atom is -0.316 e. The molecule has 8 heteroatoms. The van der Waals surface area contributed by atoms with E-state index in [0.29, 0.717) is 5.01 Å². The number of carbonyl (C=O) groups is 1. The summed E-state index contributed by atoms with van der Waals surface area (Å²) in [5, 5.41) is 0.432. The highest BCUT2D eigenvalue weighted by atomic mass is 79.9. The second-order valence-corrected chi connectivity index (χ2v) is 9.49. The normalized spacial score (nSPS) is 12.3. The number of amides is 1.